The maximum absolute atomic E-state index is 13.1. The lowest BCUT2D eigenvalue weighted by atomic mass is 10.0. The first-order chi connectivity index (χ1) is 28.7. The average molecular weight is 879 g/mol. The van der Waals surface area contributed by atoms with Crippen molar-refractivity contribution in [3.05, 3.63) is 42.0 Å². The number of alkyl halides is 3. The number of amides is 1. The van der Waals surface area contributed by atoms with Crippen LogP contribution in [0.3, 0.4) is 0 Å². The Labute approximate surface area is 345 Å². The number of imidazole rings is 1. The van der Waals surface area contributed by atoms with Crippen LogP contribution in [0.1, 0.15) is 36.6 Å². The summed E-state index contributed by atoms with van der Waals surface area (Å²) in [4.78, 5) is 34.8. The molecule has 0 saturated heterocycles. The topological polar surface area (TPSA) is 360 Å². The molecule has 61 heavy (non-hydrogen) atoms. The van der Waals surface area contributed by atoms with E-state index in [9.17, 15) is 58.8 Å². The number of nitrogen functional groups attached to an aromatic ring is 1. The quantitative estimate of drug-likeness (QED) is 0.0260. The van der Waals surface area contributed by atoms with E-state index < -0.39 is 80.1 Å². The summed E-state index contributed by atoms with van der Waals surface area (Å²) in [6, 6.07) is 7.25. The number of hydrogen-bond donors (Lipinski definition) is 13. The zero-order valence-electron chi connectivity index (χ0n) is 33.1. The summed E-state index contributed by atoms with van der Waals surface area (Å²) >= 11 is 0. The van der Waals surface area contributed by atoms with Gasteiger partial charge < -0.3 is 81.7 Å². The second-order valence-corrected chi connectivity index (χ2v) is 13.8. The maximum Gasteiger partial charge on any atom is 0.430 e. The van der Waals surface area contributed by atoms with Gasteiger partial charge in [0.15, 0.2) is 28.2 Å². The van der Waals surface area contributed by atoms with E-state index in [4.69, 9.17) is 30.6 Å². The SMILES string of the molecule is CCn1c(CNC(=O)c2nc3cc[nH]c3nc2N)[n+](CC)c2ccc(OCCCN(C[C@H](O)[C@@H](O)[C@H](O)[C@H](O)CO)C[C@H](O)[C@@H](O)[C@H](O)[C@H](O)CO)cc21.O=C([O-])C(F)(F)F. The number of nitrogens with two attached hydrogens (primary N) is 1. The number of benzene rings is 1. The van der Waals surface area contributed by atoms with Gasteiger partial charge in [0, 0.05) is 31.9 Å². The molecule has 8 atom stereocenters. The predicted molar refractivity (Wildman–Crippen MR) is 203 cm³/mol. The highest BCUT2D eigenvalue weighted by atomic mass is 19.4. The minimum atomic E-state index is -5.19. The van der Waals surface area contributed by atoms with E-state index >= 15 is 0 Å². The van der Waals surface area contributed by atoms with E-state index in [2.05, 4.69) is 24.8 Å². The number of hydrogen-bond acceptors (Lipinski definition) is 18. The highest BCUT2D eigenvalue weighted by Crippen LogP contribution is 2.23. The number of nitrogens with zero attached hydrogens (tertiary/aromatic N) is 5. The number of aliphatic hydroxyl groups excluding tert-OH is 10. The van der Waals surface area contributed by atoms with Crippen LogP contribution in [-0.2, 0) is 24.4 Å². The van der Waals surface area contributed by atoms with Crippen LogP contribution < -0.4 is 25.5 Å². The summed E-state index contributed by atoms with van der Waals surface area (Å²) in [7, 11) is 0. The average Bonchev–Trinajstić information content (AvgIpc) is 3.82. The van der Waals surface area contributed by atoms with E-state index in [1.165, 1.54) is 4.90 Å². The van der Waals surface area contributed by atoms with Crippen LogP contribution in [0.25, 0.3) is 22.2 Å². The number of aliphatic carboxylic acids is 1. The summed E-state index contributed by atoms with van der Waals surface area (Å²) in [5.41, 5.74) is 8.77. The van der Waals surface area contributed by atoms with Crippen molar-refractivity contribution in [2.75, 3.05) is 45.2 Å². The predicted octanol–water partition coefficient (Wildman–Crippen LogP) is -5.01. The molecule has 0 bridgehead atoms. The van der Waals surface area contributed by atoms with Crippen LogP contribution in [0, 0.1) is 0 Å². The molecule has 1 aromatic carbocycles. The van der Waals surface area contributed by atoms with Gasteiger partial charge in [-0.3, -0.25) is 9.69 Å². The summed E-state index contributed by atoms with van der Waals surface area (Å²) in [5.74, 6) is -2.13. The Bertz CT molecular complexity index is 1990. The number of carboxylic acid groups (broad SMARTS) is 1. The number of anilines is 1. The summed E-state index contributed by atoms with van der Waals surface area (Å²) in [6.07, 6.45) is -17.6. The first-order valence-corrected chi connectivity index (χ1v) is 18.9. The van der Waals surface area contributed by atoms with Crippen molar-refractivity contribution < 1.29 is 88.2 Å². The number of halogens is 3. The Hall–Kier alpha value is -4.80. The number of carbonyl (C=O) groups excluding carboxylic acids is 2. The number of aromatic nitrogens is 5. The van der Waals surface area contributed by atoms with Crippen molar-refractivity contribution in [3.8, 4) is 5.75 Å². The molecule has 342 valence electrons. The van der Waals surface area contributed by atoms with Gasteiger partial charge in [-0.1, -0.05) is 0 Å². The van der Waals surface area contributed by atoms with Crippen molar-refractivity contribution >= 4 is 39.9 Å². The number of aryl methyl sites for hydroxylation is 2. The molecule has 0 saturated carbocycles. The summed E-state index contributed by atoms with van der Waals surface area (Å²) in [6.45, 7) is 3.03. The molecular weight excluding hydrogens is 825 g/mol. The molecule has 0 unspecified atom stereocenters. The molecule has 3 heterocycles. The van der Waals surface area contributed by atoms with Crippen molar-refractivity contribution in [1.82, 2.24) is 29.7 Å². The molecule has 25 heteroatoms. The van der Waals surface area contributed by atoms with E-state index in [-0.39, 0.29) is 50.7 Å². The van der Waals surface area contributed by atoms with Crippen LogP contribution in [0.15, 0.2) is 30.5 Å². The fraction of sp³-hybridized carbons (Fsp3) is 0.583. The van der Waals surface area contributed by atoms with Gasteiger partial charge in [-0.2, -0.15) is 13.2 Å². The Morgan fingerprint density at radius 2 is 1.49 bits per heavy atom. The highest BCUT2D eigenvalue weighted by molar-refractivity contribution is 5.98. The van der Waals surface area contributed by atoms with Crippen molar-refractivity contribution in [1.29, 1.82) is 0 Å². The van der Waals surface area contributed by atoms with Crippen molar-refractivity contribution in [3.63, 3.8) is 0 Å². The molecule has 4 aromatic rings. The van der Waals surface area contributed by atoms with Gasteiger partial charge in [0.25, 0.3) is 11.7 Å². The molecule has 3 aromatic heterocycles. The smallest absolute Gasteiger partial charge is 0.430 e. The molecule has 4 rings (SSSR count). The first-order valence-electron chi connectivity index (χ1n) is 18.9. The molecule has 1 amide bonds. The number of H-pyrrole nitrogens is 1. The van der Waals surface area contributed by atoms with Crippen molar-refractivity contribution in [2.24, 2.45) is 0 Å². The largest absolute Gasteiger partial charge is 0.542 e. The minimum absolute atomic E-state index is 0.00248. The lowest BCUT2D eigenvalue weighted by Gasteiger charge is -2.33. The van der Waals surface area contributed by atoms with Gasteiger partial charge >= 0.3 is 6.18 Å². The third-order valence-electron chi connectivity index (χ3n) is 9.48. The van der Waals surface area contributed by atoms with E-state index in [0.717, 1.165) is 16.9 Å². The van der Waals surface area contributed by atoms with Gasteiger partial charge in [-0.25, -0.2) is 19.1 Å². The molecule has 0 radical (unpaired) electrons. The third-order valence-corrected chi connectivity index (χ3v) is 9.48. The number of aromatic amines is 1. The second-order valence-electron chi connectivity index (χ2n) is 13.8. The monoisotopic (exact) mass is 878 g/mol. The third kappa shape index (κ3) is 13.3. The molecule has 14 N–H and O–H groups in total. The van der Waals surface area contributed by atoms with Crippen LogP contribution in [0.2, 0.25) is 0 Å². The Kier molecular flexibility index (Phi) is 19.0. The molecule has 0 aliphatic rings. The molecular formula is C36H53F3N8O14. The standard InChI is InChI=1S/C34H52N8O12.C2HF3O2/c1-3-41-20-7-6-18(12-21(20)42(4-2)26(41)13-37-34(53)27-32(35)39-33-19(38-27)8-9-36-33)54-11-5-10-40(14-22(45)28(49)30(51)24(47)16-43)15-23(46)29(50)31(52)25(48)17-44;3-2(4,5)1(6)7/h6-9,12,22-25,28-31,43-52H,3-5,10-11,13-17H2,1-2H3,(H3-,35,36,37,38,39,53);(H,6,7)/t22-,23-,24+,25+,28+,29+,30+,31+;/m0./s1. The number of carbonyl (C=O) groups is 2. The molecule has 22 nitrogen and oxygen atoms in total. The van der Waals surface area contributed by atoms with Gasteiger partial charge in [-0.05, 0) is 38.5 Å². The normalized spacial score (nSPS) is 16.0. The van der Waals surface area contributed by atoms with Gasteiger partial charge in [0.2, 0.25) is 0 Å². The minimum Gasteiger partial charge on any atom is -0.542 e. The van der Waals surface area contributed by atoms with Gasteiger partial charge in [0.05, 0.1) is 45.1 Å². The first kappa shape index (κ1) is 50.6. The number of aliphatic hydroxyl groups is 10. The van der Waals surface area contributed by atoms with Gasteiger partial charge in [0.1, 0.15) is 60.4 Å². The maximum atomic E-state index is 13.1. The Morgan fingerprint density at radius 1 is 0.934 bits per heavy atom. The van der Waals surface area contributed by atoms with Gasteiger partial charge in [-0.15, -0.1) is 0 Å². The number of rotatable bonds is 22. The van der Waals surface area contributed by atoms with E-state index in [1.54, 1.807) is 18.3 Å². The number of ether oxygens (including phenoxy) is 1. The van der Waals surface area contributed by atoms with Crippen LogP contribution >= 0.6 is 0 Å². The lowest BCUT2D eigenvalue weighted by molar-refractivity contribution is -0.676. The highest BCUT2D eigenvalue weighted by Gasteiger charge is 2.34. The Morgan fingerprint density at radius 3 is 2.00 bits per heavy atom. The zero-order chi connectivity index (χ0) is 45.8. The second kappa shape index (κ2) is 22.9. The van der Waals surface area contributed by atoms with Crippen molar-refractivity contribution in [2.45, 2.75) is 94.9 Å². The molecule has 0 spiro atoms. The lowest BCUT2D eigenvalue weighted by Crippen LogP contribution is -2.53. The summed E-state index contributed by atoms with van der Waals surface area (Å²) in [5, 5.41) is 111. The van der Waals surface area contributed by atoms with Crippen LogP contribution in [0.4, 0.5) is 19.0 Å². The zero-order valence-corrected chi connectivity index (χ0v) is 33.1. The van der Waals surface area contributed by atoms with Crippen LogP contribution in [0.5, 0.6) is 5.75 Å². The molecule has 0 fully saturated rings. The number of carboxylic acids is 1. The van der Waals surface area contributed by atoms with E-state index in [0.29, 0.717) is 30.0 Å². The fourth-order valence-electron chi connectivity index (χ4n) is 6.26. The molecule has 0 aliphatic heterocycles. The van der Waals surface area contributed by atoms with Crippen LogP contribution in [-0.4, -0.2) is 182 Å². The number of fused-ring (bicyclic) bond motifs is 2. The van der Waals surface area contributed by atoms with E-state index in [1.807, 2.05) is 30.5 Å². The Balaban J connectivity index is 0.00000130. The number of nitrogens with one attached hydrogen (secondary N) is 2. The summed E-state index contributed by atoms with van der Waals surface area (Å²) < 4.78 is 41.7. The fourth-order valence-corrected chi connectivity index (χ4v) is 6.26. The molecule has 0 aliphatic carbocycles.